The molecule has 1 amide bonds. The van der Waals surface area contributed by atoms with Crippen molar-refractivity contribution in [2.75, 3.05) is 19.7 Å². The number of carbonyl (C=O) groups excluding carboxylic acids is 1. The maximum atomic E-state index is 11.8. The number of likely N-dealkylation sites (tertiary alicyclic amines) is 1. The van der Waals surface area contributed by atoms with Crippen LogP contribution in [0.3, 0.4) is 0 Å². The van der Waals surface area contributed by atoms with Gasteiger partial charge >= 0.3 is 6.09 Å². The first-order chi connectivity index (χ1) is 7.42. The van der Waals surface area contributed by atoms with Crippen molar-refractivity contribution in [2.45, 2.75) is 39.2 Å². The van der Waals surface area contributed by atoms with Crippen molar-refractivity contribution in [3.05, 3.63) is 0 Å². The number of piperidine rings is 1. The van der Waals surface area contributed by atoms with E-state index in [1.54, 1.807) is 4.90 Å². The molecule has 1 rings (SSSR count). The maximum Gasteiger partial charge on any atom is 0.410 e. The molecule has 1 aliphatic rings. The first kappa shape index (κ1) is 13.3. The van der Waals surface area contributed by atoms with Crippen LogP contribution in [0.4, 0.5) is 4.79 Å². The summed E-state index contributed by atoms with van der Waals surface area (Å²) in [4.78, 5) is 18.2. The molecule has 0 aromatic heterocycles. The first-order valence-electron chi connectivity index (χ1n) is 5.72. The lowest BCUT2D eigenvalue weighted by Crippen LogP contribution is -2.44. The summed E-state index contributed by atoms with van der Waals surface area (Å²) in [6.45, 7) is 7.54. The average Bonchev–Trinajstić information content (AvgIpc) is 2.16. The van der Waals surface area contributed by atoms with Gasteiger partial charge in [-0.2, -0.15) is 0 Å². The summed E-state index contributed by atoms with van der Waals surface area (Å²) in [5.74, 6) is 5.37. The Kier molecular flexibility index (Phi) is 4.56. The van der Waals surface area contributed by atoms with Gasteiger partial charge in [0, 0.05) is 19.0 Å². The Hall–Kier alpha value is -0.810. The highest BCUT2D eigenvalue weighted by atomic mass is 16.6. The minimum Gasteiger partial charge on any atom is -0.444 e. The van der Waals surface area contributed by atoms with E-state index in [1.165, 1.54) is 0 Å². The zero-order valence-corrected chi connectivity index (χ0v) is 10.4. The van der Waals surface area contributed by atoms with E-state index >= 15 is 0 Å². The van der Waals surface area contributed by atoms with Gasteiger partial charge in [-0.3, -0.25) is 0 Å². The highest BCUT2D eigenvalue weighted by Gasteiger charge is 2.27. The van der Waals surface area contributed by atoms with Gasteiger partial charge in [0.1, 0.15) is 5.60 Å². The van der Waals surface area contributed by atoms with E-state index in [2.05, 4.69) is 4.84 Å². The number of ether oxygens (including phenoxy) is 1. The summed E-state index contributed by atoms with van der Waals surface area (Å²) < 4.78 is 5.32. The second-order valence-corrected chi connectivity index (χ2v) is 5.27. The third-order valence-electron chi connectivity index (χ3n) is 2.50. The third kappa shape index (κ3) is 4.37. The van der Waals surface area contributed by atoms with Gasteiger partial charge in [-0.1, -0.05) is 0 Å². The molecule has 1 saturated heterocycles. The fraction of sp³-hybridized carbons (Fsp3) is 0.909. The van der Waals surface area contributed by atoms with E-state index in [-0.39, 0.29) is 6.09 Å². The molecule has 2 N–H and O–H groups in total. The minimum absolute atomic E-state index is 0.241. The van der Waals surface area contributed by atoms with Crippen LogP contribution in [0.1, 0.15) is 33.6 Å². The van der Waals surface area contributed by atoms with E-state index in [0.717, 1.165) is 19.4 Å². The average molecular weight is 230 g/mol. The quantitative estimate of drug-likeness (QED) is 0.730. The Morgan fingerprint density at radius 2 is 2.19 bits per heavy atom. The van der Waals surface area contributed by atoms with Gasteiger partial charge in [0.2, 0.25) is 0 Å². The summed E-state index contributed by atoms with van der Waals surface area (Å²) in [7, 11) is 0. The van der Waals surface area contributed by atoms with Crippen LogP contribution >= 0.6 is 0 Å². The highest BCUT2D eigenvalue weighted by molar-refractivity contribution is 5.68. The van der Waals surface area contributed by atoms with Crippen molar-refractivity contribution in [1.82, 2.24) is 4.90 Å². The molecule has 1 atom stereocenters. The molecule has 1 unspecified atom stereocenters. The Morgan fingerprint density at radius 1 is 1.50 bits per heavy atom. The summed E-state index contributed by atoms with van der Waals surface area (Å²) in [6, 6.07) is 0. The largest absolute Gasteiger partial charge is 0.444 e. The molecule has 0 aliphatic carbocycles. The van der Waals surface area contributed by atoms with E-state index < -0.39 is 5.60 Å². The van der Waals surface area contributed by atoms with Gasteiger partial charge in [-0.25, -0.2) is 10.7 Å². The zero-order valence-electron chi connectivity index (χ0n) is 10.4. The van der Waals surface area contributed by atoms with Crippen LogP contribution in [0.2, 0.25) is 0 Å². The normalized spacial score (nSPS) is 22.0. The number of carbonyl (C=O) groups is 1. The Labute approximate surface area is 96.8 Å². The molecular weight excluding hydrogens is 208 g/mol. The van der Waals surface area contributed by atoms with Gasteiger partial charge in [-0.05, 0) is 33.6 Å². The molecule has 5 heteroatoms. The molecule has 94 valence electrons. The second kappa shape index (κ2) is 5.50. The predicted molar refractivity (Wildman–Crippen MR) is 60.7 cm³/mol. The monoisotopic (exact) mass is 230 g/mol. The molecule has 0 saturated carbocycles. The first-order valence-corrected chi connectivity index (χ1v) is 5.72. The summed E-state index contributed by atoms with van der Waals surface area (Å²) in [5.41, 5.74) is -0.436. The molecule has 5 nitrogen and oxygen atoms in total. The molecule has 0 aromatic carbocycles. The third-order valence-corrected chi connectivity index (χ3v) is 2.50. The fourth-order valence-corrected chi connectivity index (χ4v) is 1.83. The van der Waals surface area contributed by atoms with Gasteiger partial charge in [0.05, 0.1) is 6.61 Å². The highest BCUT2D eigenvalue weighted by Crippen LogP contribution is 2.19. The van der Waals surface area contributed by atoms with Crippen LogP contribution in [-0.4, -0.2) is 36.3 Å². The predicted octanol–water partition coefficient (Wildman–Crippen LogP) is 1.52. The number of rotatable bonds is 2. The lowest BCUT2D eigenvalue weighted by molar-refractivity contribution is 0.00734. The Bertz CT molecular complexity index is 236. The topological polar surface area (TPSA) is 64.8 Å². The van der Waals surface area contributed by atoms with Crippen LogP contribution in [0.15, 0.2) is 0 Å². The molecule has 0 radical (unpaired) electrons. The molecule has 16 heavy (non-hydrogen) atoms. The lowest BCUT2D eigenvalue weighted by atomic mass is 9.99. The van der Waals surface area contributed by atoms with Crippen LogP contribution in [-0.2, 0) is 9.57 Å². The Balaban J connectivity index is 2.44. The van der Waals surface area contributed by atoms with Crippen LogP contribution in [0.25, 0.3) is 0 Å². The molecule has 0 spiro atoms. The Morgan fingerprint density at radius 3 is 2.75 bits per heavy atom. The van der Waals surface area contributed by atoms with Crippen molar-refractivity contribution in [3.63, 3.8) is 0 Å². The van der Waals surface area contributed by atoms with E-state index in [0.29, 0.717) is 19.1 Å². The van der Waals surface area contributed by atoms with Crippen molar-refractivity contribution in [2.24, 2.45) is 11.8 Å². The van der Waals surface area contributed by atoms with Gasteiger partial charge in [-0.15, -0.1) is 0 Å². The summed E-state index contributed by atoms with van der Waals surface area (Å²) in [6.07, 6.45) is 1.79. The lowest BCUT2D eigenvalue weighted by Gasteiger charge is -2.33. The number of hydrogen-bond acceptors (Lipinski definition) is 4. The van der Waals surface area contributed by atoms with Gasteiger partial charge in [0.15, 0.2) is 0 Å². The number of amides is 1. The molecular formula is C11H22N2O3. The molecule has 0 bridgehead atoms. The molecule has 1 fully saturated rings. The van der Waals surface area contributed by atoms with Crippen LogP contribution in [0, 0.1) is 5.92 Å². The van der Waals surface area contributed by atoms with Crippen molar-refractivity contribution < 1.29 is 14.4 Å². The van der Waals surface area contributed by atoms with Crippen LogP contribution < -0.4 is 5.90 Å². The number of nitrogens with zero attached hydrogens (tertiary/aromatic N) is 1. The second-order valence-electron chi connectivity index (χ2n) is 5.27. The van der Waals surface area contributed by atoms with E-state index in [4.69, 9.17) is 10.6 Å². The van der Waals surface area contributed by atoms with Crippen molar-refractivity contribution >= 4 is 6.09 Å². The van der Waals surface area contributed by atoms with Gasteiger partial charge < -0.3 is 14.5 Å². The fourth-order valence-electron chi connectivity index (χ4n) is 1.83. The SMILES string of the molecule is CC(C)(C)OC(=O)N1CCCC(CON)C1. The standard InChI is InChI=1S/C11H22N2O3/c1-11(2,3)16-10(14)13-6-4-5-9(7-13)8-15-12/h9H,4-8,12H2,1-3H3. The number of hydrogen-bond donors (Lipinski definition) is 1. The molecule has 1 heterocycles. The van der Waals surface area contributed by atoms with Crippen molar-refractivity contribution in [3.8, 4) is 0 Å². The zero-order chi connectivity index (χ0) is 12.2. The van der Waals surface area contributed by atoms with E-state index in [9.17, 15) is 4.79 Å². The maximum absolute atomic E-state index is 11.8. The van der Waals surface area contributed by atoms with Crippen LogP contribution in [0.5, 0.6) is 0 Å². The van der Waals surface area contributed by atoms with Gasteiger partial charge in [0.25, 0.3) is 0 Å². The van der Waals surface area contributed by atoms with Crippen molar-refractivity contribution in [1.29, 1.82) is 0 Å². The molecule has 0 aromatic rings. The molecule has 1 aliphatic heterocycles. The summed E-state index contributed by atoms with van der Waals surface area (Å²) >= 11 is 0. The summed E-state index contributed by atoms with van der Waals surface area (Å²) in [5, 5.41) is 0. The minimum atomic E-state index is -0.436. The van der Waals surface area contributed by atoms with E-state index in [1.807, 2.05) is 20.8 Å². The number of nitrogens with two attached hydrogens (primary N) is 1. The smallest absolute Gasteiger partial charge is 0.410 e.